The van der Waals surface area contributed by atoms with Crippen LogP contribution in [0.4, 0.5) is 4.39 Å². The monoisotopic (exact) mass is 513 g/mol. The highest BCUT2D eigenvalue weighted by atomic mass is 127. The normalized spacial score (nSPS) is 12.0. The molecule has 0 spiro atoms. The molecule has 0 fully saturated rings. The van der Waals surface area contributed by atoms with Crippen LogP contribution in [-0.4, -0.2) is 38.9 Å². The van der Waals surface area contributed by atoms with Gasteiger partial charge >= 0.3 is 5.69 Å². The van der Waals surface area contributed by atoms with Crippen molar-refractivity contribution in [3.63, 3.8) is 0 Å². The molecule has 0 aliphatic rings. The van der Waals surface area contributed by atoms with Crippen LogP contribution in [0.5, 0.6) is 11.6 Å². The van der Waals surface area contributed by atoms with Gasteiger partial charge in [-0.3, -0.25) is 4.79 Å². The third-order valence-corrected chi connectivity index (χ3v) is 4.86. The molecule has 0 radical (unpaired) electrons. The quantitative estimate of drug-likeness (QED) is 0.358. The number of amides is 1. The number of hydrogen-bond acceptors (Lipinski definition) is 5. The van der Waals surface area contributed by atoms with Crippen molar-refractivity contribution in [2.75, 3.05) is 13.2 Å². The van der Waals surface area contributed by atoms with Crippen molar-refractivity contribution in [2.24, 2.45) is 5.73 Å². The minimum absolute atomic E-state index is 0.0425. The number of rotatable bonds is 7. The van der Waals surface area contributed by atoms with Crippen LogP contribution in [0, 0.1) is 9.39 Å². The molecular formula is C19H17FIN3O5. The number of aromatic nitrogens is 2. The molecule has 10 heteroatoms. The van der Waals surface area contributed by atoms with Crippen LogP contribution in [0.15, 0.2) is 47.3 Å². The summed E-state index contributed by atoms with van der Waals surface area (Å²) in [5, 5.41) is 19.4. The zero-order chi connectivity index (χ0) is 21.1. The Labute approximate surface area is 177 Å². The van der Waals surface area contributed by atoms with Crippen LogP contribution < -0.4 is 16.2 Å². The van der Waals surface area contributed by atoms with Gasteiger partial charge in [-0.2, -0.15) is 0 Å². The number of nitrogens with zero attached hydrogens (tertiary/aromatic N) is 1. The Hall–Kier alpha value is -2.86. The van der Waals surface area contributed by atoms with E-state index in [0.29, 0.717) is 14.9 Å². The number of nitrogens with two attached hydrogens (primary N) is 1. The lowest BCUT2D eigenvalue weighted by Gasteiger charge is -2.16. The van der Waals surface area contributed by atoms with Crippen molar-refractivity contribution in [1.82, 2.24) is 9.55 Å². The van der Waals surface area contributed by atoms with Crippen molar-refractivity contribution in [3.8, 4) is 22.9 Å². The summed E-state index contributed by atoms with van der Waals surface area (Å²) in [5.74, 6) is -1.79. The molecule has 1 heterocycles. The molecular weight excluding hydrogens is 496 g/mol. The topological polar surface area (TPSA) is 131 Å². The maximum atomic E-state index is 14.4. The minimum atomic E-state index is -1.53. The molecule has 1 unspecified atom stereocenters. The van der Waals surface area contributed by atoms with Crippen LogP contribution in [0.3, 0.4) is 0 Å². The van der Waals surface area contributed by atoms with Crippen molar-refractivity contribution < 1.29 is 24.1 Å². The van der Waals surface area contributed by atoms with Gasteiger partial charge in [0.15, 0.2) is 0 Å². The van der Waals surface area contributed by atoms with Crippen molar-refractivity contribution in [3.05, 3.63) is 67.9 Å². The highest BCUT2D eigenvalue weighted by molar-refractivity contribution is 14.1. The average Bonchev–Trinajstić information content (AvgIpc) is 2.97. The number of halogens is 2. The van der Waals surface area contributed by atoms with Gasteiger partial charge in [0.25, 0.3) is 0 Å². The van der Waals surface area contributed by atoms with E-state index in [-0.39, 0.29) is 24.5 Å². The second-order valence-electron chi connectivity index (χ2n) is 6.07. The summed E-state index contributed by atoms with van der Waals surface area (Å²) in [7, 11) is 0. The molecule has 3 rings (SSSR count). The lowest BCUT2D eigenvalue weighted by molar-refractivity contribution is -0.120. The molecule has 0 saturated heterocycles. The lowest BCUT2D eigenvalue weighted by Crippen LogP contribution is -2.33. The van der Waals surface area contributed by atoms with Gasteiger partial charge in [-0.1, -0.05) is 6.07 Å². The number of ether oxygens (including phenoxy) is 1. The molecule has 0 bridgehead atoms. The second kappa shape index (κ2) is 8.66. The largest absolute Gasteiger partial charge is 0.493 e. The summed E-state index contributed by atoms with van der Waals surface area (Å²) in [6.45, 7) is -0.0119. The van der Waals surface area contributed by atoms with Crippen LogP contribution >= 0.6 is 22.6 Å². The zero-order valence-corrected chi connectivity index (χ0v) is 17.1. The highest BCUT2D eigenvalue weighted by Crippen LogP contribution is 2.32. The summed E-state index contributed by atoms with van der Waals surface area (Å²) >= 11 is 1.91. The Morgan fingerprint density at radius 2 is 1.97 bits per heavy atom. The van der Waals surface area contributed by atoms with Crippen molar-refractivity contribution >= 4 is 28.5 Å². The molecule has 1 atom stereocenters. The van der Waals surface area contributed by atoms with Gasteiger partial charge in [-0.25, -0.2) is 13.8 Å². The number of hydrogen-bond donors (Lipinski definition) is 4. The first kappa shape index (κ1) is 20.9. The summed E-state index contributed by atoms with van der Waals surface area (Å²) in [6, 6.07) is 8.91. The Bertz CT molecular complexity index is 1090. The number of aromatic hydroxyl groups is 1. The molecule has 0 aliphatic carbocycles. The molecule has 8 nitrogen and oxygen atoms in total. The number of aromatic amines is 1. The summed E-state index contributed by atoms with van der Waals surface area (Å²) < 4.78 is 21.0. The van der Waals surface area contributed by atoms with Gasteiger partial charge in [0.05, 0.1) is 6.61 Å². The van der Waals surface area contributed by atoms with E-state index in [1.807, 2.05) is 22.6 Å². The van der Waals surface area contributed by atoms with Gasteiger partial charge in [0, 0.05) is 14.7 Å². The zero-order valence-electron chi connectivity index (χ0n) is 14.9. The van der Waals surface area contributed by atoms with E-state index in [4.69, 9.17) is 15.6 Å². The maximum absolute atomic E-state index is 14.4. The SMILES string of the molecule is NC(=O)C(c1ccc(I)cc1F)n1c(O)c(-c2ccc(OCCO)cc2)[nH]c1=O. The number of primary amides is 1. The third kappa shape index (κ3) is 4.27. The van der Waals surface area contributed by atoms with E-state index in [1.165, 1.54) is 12.1 Å². The first-order valence-corrected chi connectivity index (χ1v) is 9.53. The minimum Gasteiger partial charge on any atom is -0.493 e. The first-order chi connectivity index (χ1) is 13.8. The van der Waals surface area contributed by atoms with E-state index in [2.05, 4.69) is 4.98 Å². The first-order valence-electron chi connectivity index (χ1n) is 8.45. The molecule has 5 N–H and O–H groups in total. The number of H-pyrrole nitrogens is 1. The van der Waals surface area contributed by atoms with E-state index in [9.17, 15) is 19.1 Å². The van der Waals surface area contributed by atoms with Crippen LogP contribution in [0.1, 0.15) is 11.6 Å². The number of nitrogens with one attached hydrogen (secondary N) is 1. The number of benzene rings is 2. The predicted octanol–water partition coefficient (Wildman–Crippen LogP) is 1.74. The van der Waals surface area contributed by atoms with Crippen LogP contribution in [0.2, 0.25) is 0 Å². The van der Waals surface area contributed by atoms with Crippen molar-refractivity contribution in [2.45, 2.75) is 6.04 Å². The standard InChI is InChI=1S/C19H17FIN3O5/c20-14-9-11(21)3-6-13(14)16(17(22)26)24-18(27)15(23-19(24)28)10-1-4-12(5-2-10)29-8-7-25/h1-6,9,16,25,27H,7-8H2,(H2,22,26)(H,23,28). The second-order valence-corrected chi connectivity index (χ2v) is 7.31. The van der Waals surface area contributed by atoms with Gasteiger partial charge in [-0.15, -0.1) is 0 Å². The Balaban J connectivity index is 2.05. The predicted molar refractivity (Wildman–Crippen MR) is 111 cm³/mol. The lowest BCUT2D eigenvalue weighted by atomic mass is 10.1. The fourth-order valence-corrected chi connectivity index (χ4v) is 3.36. The molecule has 0 saturated carbocycles. The Morgan fingerprint density at radius 1 is 1.28 bits per heavy atom. The molecule has 3 aromatic rings. The Kier molecular flexibility index (Phi) is 6.23. The number of imidazole rings is 1. The van der Waals surface area contributed by atoms with Gasteiger partial charge < -0.3 is 25.7 Å². The van der Waals surface area contributed by atoms with Crippen LogP contribution in [-0.2, 0) is 4.79 Å². The molecule has 152 valence electrons. The van der Waals surface area contributed by atoms with Crippen molar-refractivity contribution in [1.29, 1.82) is 0 Å². The summed E-state index contributed by atoms with van der Waals surface area (Å²) in [5.41, 5.74) is 4.95. The van der Waals surface area contributed by atoms with E-state index < -0.39 is 29.3 Å². The number of aliphatic hydroxyl groups is 1. The number of carbonyl (C=O) groups is 1. The molecule has 2 aromatic carbocycles. The number of aliphatic hydroxyl groups excluding tert-OH is 1. The Morgan fingerprint density at radius 3 is 2.55 bits per heavy atom. The van der Waals surface area contributed by atoms with Gasteiger partial charge in [-0.05, 0) is 59.0 Å². The fraction of sp³-hybridized carbons (Fsp3) is 0.158. The third-order valence-electron chi connectivity index (χ3n) is 4.19. The summed E-state index contributed by atoms with van der Waals surface area (Å²) in [6.07, 6.45) is 0. The fourth-order valence-electron chi connectivity index (χ4n) is 2.90. The number of carbonyl (C=O) groups excluding carboxylic acids is 1. The molecule has 1 amide bonds. The van der Waals surface area contributed by atoms with Crippen LogP contribution in [0.25, 0.3) is 11.3 Å². The highest BCUT2D eigenvalue weighted by Gasteiger charge is 2.29. The summed E-state index contributed by atoms with van der Waals surface area (Å²) in [4.78, 5) is 27.0. The van der Waals surface area contributed by atoms with E-state index in [1.54, 1.807) is 30.3 Å². The van der Waals surface area contributed by atoms with Gasteiger partial charge in [0.1, 0.15) is 29.9 Å². The smallest absolute Gasteiger partial charge is 0.329 e. The molecule has 1 aromatic heterocycles. The molecule has 29 heavy (non-hydrogen) atoms. The van der Waals surface area contributed by atoms with E-state index in [0.717, 1.165) is 4.57 Å². The van der Waals surface area contributed by atoms with E-state index >= 15 is 0 Å². The average molecular weight is 513 g/mol. The van der Waals surface area contributed by atoms with Gasteiger partial charge in [0.2, 0.25) is 11.8 Å². The maximum Gasteiger partial charge on any atom is 0.329 e. The molecule has 0 aliphatic heterocycles.